The number of para-hydroxylation sites is 1. The number of aryl methyl sites for hydroxylation is 2. The van der Waals surface area contributed by atoms with E-state index in [9.17, 15) is 9.59 Å². The molecule has 0 saturated carbocycles. The number of carbonyl (C=O) groups excluding carboxylic acids is 2. The molecule has 0 atom stereocenters. The minimum Gasteiger partial charge on any atom is -0.450 e. The maximum atomic E-state index is 12.2. The number of halogens is 1. The lowest BCUT2D eigenvalue weighted by atomic mass is 10.1. The number of benzene rings is 2. The average molecular weight is 402 g/mol. The summed E-state index contributed by atoms with van der Waals surface area (Å²) < 4.78 is 11.6. The van der Waals surface area contributed by atoms with E-state index in [-0.39, 0.29) is 12.4 Å². The Morgan fingerprint density at radius 2 is 1.92 bits per heavy atom. The number of hydrogen-bond acceptors (Lipinski definition) is 4. The molecule has 3 aromatic rings. The van der Waals surface area contributed by atoms with E-state index in [4.69, 9.17) is 9.15 Å². The molecule has 6 heteroatoms. The molecule has 3 rings (SSSR count). The molecule has 5 nitrogen and oxygen atoms in total. The van der Waals surface area contributed by atoms with E-state index in [1.54, 1.807) is 19.1 Å². The molecule has 1 heterocycles. The van der Waals surface area contributed by atoms with Crippen molar-refractivity contribution in [1.82, 2.24) is 0 Å². The van der Waals surface area contributed by atoms with Crippen LogP contribution in [0.2, 0.25) is 0 Å². The molecule has 2 aromatic carbocycles. The fourth-order valence-corrected chi connectivity index (χ4v) is 2.73. The van der Waals surface area contributed by atoms with Gasteiger partial charge in [0.05, 0.1) is 0 Å². The highest BCUT2D eigenvalue weighted by atomic mass is 79.9. The third-order valence-electron chi connectivity index (χ3n) is 3.81. The van der Waals surface area contributed by atoms with Gasteiger partial charge in [-0.3, -0.25) is 4.79 Å². The standard InChI is InChI=1S/C19H16BrNO4/c1-11-9-13(7-8-15(11)20)21-17(22)10-24-19(23)18-12(2)14-5-3-4-6-16(14)25-18/h3-9H,10H2,1-2H3,(H,21,22). The van der Waals surface area contributed by atoms with E-state index in [0.717, 1.165) is 15.4 Å². The van der Waals surface area contributed by atoms with Crippen LogP contribution in [-0.2, 0) is 9.53 Å². The van der Waals surface area contributed by atoms with Gasteiger partial charge < -0.3 is 14.5 Å². The second-order valence-corrected chi connectivity index (χ2v) is 6.49. The van der Waals surface area contributed by atoms with Crippen LogP contribution in [0.1, 0.15) is 21.7 Å². The third kappa shape index (κ3) is 3.74. The first-order chi connectivity index (χ1) is 12.0. The van der Waals surface area contributed by atoms with E-state index in [1.807, 2.05) is 37.3 Å². The number of esters is 1. The third-order valence-corrected chi connectivity index (χ3v) is 4.69. The second-order valence-electron chi connectivity index (χ2n) is 5.64. The van der Waals surface area contributed by atoms with Gasteiger partial charge in [-0.25, -0.2) is 4.79 Å². The Morgan fingerprint density at radius 1 is 1.16 bits per heavy atom. The molecule has 25 heavy (non-hydrogen) atoms. The fourth-order valence-electron chi connectivity index (χ4n) is 2.49. The van der Waals surface area contributed by atoms with Gasteiger partial charge in [-0.1, -0.05) is 34.1 Å². The molecule has 0 aliphatic carbocycles. The van der Waals surface area contributed by atoms with Crippen molar-refractivity contribution in [3.05, 3.63) is 63.8 Å². The summed E-state index contributed by atoms with van der Waals surface area (Å²) in [6.07, 6.45) is 0. The van der Waals surface area contributed by atoms with Gasteiger partial charge in [-0.2, -0.15) is 0 Å². The Morgan fingerprint density at radius 3 is 2.64 bits per heavy atom. The summed E-state index contributed by atoms with van der Waals surface area (Å²) in [4.78, 5) is 24.2. The first-order valence-corrected chi connectivity index (χ1v) is 8.46. The van der Waals surface area contributed by atoms with Crippen LogP contribution in [0.25, 0.3) is 11.0 Å². The van der Waals surface area contributed by atoms with Gasteiger partial charge in [-0.05, 0) is 43.7 Å². The van der Waals surface area contributed by atoms with Gasteiger partial charge in [-0.15, -0.1) is 0 Å². The fraction of sp³-hybridized carbons (Fsp3) is 0.158. The van der Waals surface area contributed by atoms with Gasteiger partial charge in [0.1, 0.15) is 5.58 Å². The van der Waals surface area contributed by atoms with Crippen LogP contribution in [0.15, 0.2) is 51.4 Å². The first kappa shape index (κ1) is 17.2. The molecule has 1 N–H and O–H groups in total. The topological polar surface area (TPSA) is 68.5 Å². The van der Waals surface area contributed by atoms with E-state index >= 15 is 0 Å². The zero-order chi connectivity index (χ0) is 18.0. The number of hydrogen-bond donors (Lipinski definition) is 1. The molecule has 0 fully saturated rings. The normalized spacial score (nSPS) is 10.7. The van der Waals surface area contributed by atoms with Crippen molar-refractivity contribution in [3.63, 3.8) is 0 Å². The second kappa shape index (κ2) is 7.11. The van der Waals surface area contributed by atoms with Gasteiger partial charge >= 0.3 is 5.97 Å². The van der Waals surface area contributed by atoms with Crippen LogP contribution in [0, 0.1) is 13.8 Å². The van der Waals surface area contributed by atoms with Crippen molar-refractivity contribution < 1.29 is 18.7 Å². The largest absolute Gasteiger partial charge is 0.450 e. The Bertz CT molecular complexity index is 961. The van der Waals surface area contributed by atoms with Crippen LogP contribution in [-0.4, -0.2) is 18.5 Å². The lowest BCUT2D eigenvalue weighted by molar-refractivity contribution is -0.119. The smallest absolute Gasteiger partial charge is 0.375 e. The quantitative estimate of drug-likeness (QED) is 0.648. The van der Waals surface area contributed by atoms with E-state index in [0.29, 0.717) is 16.8 Å². The Balaban J connectivity index is 1.64. The Labute approximate surface area is 153 Å². The number of rotatable bonds is 4. The summed E-state index contributed by atoms with van der Waals surface area (Å²) in [5.41, 5.74) is 2.95. The number of ether oxygens (including phenoxy) is 1. The maximum Gasteiger partial charge on any atom is 0.375 e. The van der Waals surface area contributed by atoms with Crippen LogP contribution in [0.5, 0.6) is 0 Å². The summed E-state index contributed by atoms with van der Waals surface area (Å²) >= 11 is 3.40. The highest BCUT2D eigenvalue weighted by molar-refractivity contribution is 9.10. The van der Waals surface area contributed by atoms with Crippen molar-refractivity contribution in [3.8, 4) is 0 Å². The average Bonchev–Trinajstić information content (AvgIpc) is 2.93. The molecule has 0 aliphatic heterocycles. The van der Waals surface area contributed by atoms with Crippen molar-refractivity contribution >= 4 is 44.5 Å². The first-order valence-electron chi connectivity index (χ1n) is 7.67. The molecular weight excluding hydrogens is 386 g/mol. The summed E-state index contributed by atoms with van der Waals surface area (Å²) in [6, 6.07) is 12.8. The molecule has 0 bridgehead atoms. The van der Waals surface area contributed by atoms with Crippen molar-refractivity contribution in [2.24, 2.45) is 0 Å². The Kier molecular flexibility index (Phi) is 4.90. The monoisotopic (exact) mass is 401 g/mol. The number of furan rings is 1. The molecule has 128 valence electrons. The minimum atomic E-state index is -0.657. The van der Waals surface area contributed by atoms with Crippen LogP contribution in [0.3, 0.4) is 0 Å². The zero-order valence-corrected chi connectivity index (χ0v) is 15.3. The van der Waals surface area contributed by atoms with Crippen LogP contribution >= 0.6 is 15.9 Å². The summed E-state index contributed by atoms with van der Waals surface area (Å²) in [6.45, 7) is 3.32. The number of carbonyl (C=O) groups is 2. The van der Waals surface area contributed by atoms with Crippen LogP contribution in [0.4, 0.5) is 5.69 Å². The lowest BCUT2D eigenvalue weighted by Gasteiger charge is -2.07. The van der Waals surface area contributed by atoms with Crippen LogP contribution < -0.4 is 5.32 Å². The van der Waals surface area contributed by atoms with Crippen molar-refractivity contribution in [2.75, 3.05) is 11.9 Å². The van der Waals surface area contributed by atoms with Gasteiger partial charge in [0.2, 0.25) is 5.76 Å². The SMILES string of the molecule is Cc1cc(NC(=O)COC(=O)c2oc3ccccc3c2C)ccc1Br. The molecule has 0 saturated heterocycles. The predicted molar refractivity (Wildman–Crippen MR) is 98.7 cm³/mol. The number of anilines is 1. The Hall–Kier alpha value is -2.60. The molecule has 1 amide bonds. The summed E-state index contributed by atoms with van der Waals surface area (Å²) in [5, 5.41) is 3.54. The summed E-state index contributed by atoms with van der Waals surface area (Å²) in [5.74, 6) is -0.951. The number of amides is 1. The van der Waals surface area contributed by atoms with Gasteiger partial charge in [0.25, 0.3) is 5.91 Å². The van der Waals surface area contributed by atoms with E-state index in [2.05, 4.69) is 21.2 Å². The summed E-state index contributed by atoms with van der Waals surface area (Å²) in [7, 11) is 0. The van der Waals surface area contributed by atoms with Gasteiger partial charge in [0, 0.05) is 21.1 Å². The lowest BCUT2D eigenvalue weighted by Crippen LogP contribution is -2.21. The highest BCUT2D eigenvalue weighted by Crippen LogP contribution is 2.25. The number of nitrogens with one attached hydrogen (secondary N) is 1. The highest BCUT2D eigenvalue weighted by Gasteiger charge is 2.19. The molecule has 0 aliphatic rings. The molecular formula is C19H16BrNO4. The van der Waals surface area contributed by atoms with Crippen molar-refractivity contribution in [2.45, 2.75) is 13.8 Å². The van der Waals surface area contributed by atoms with E-state index < -0.39 is 11.9 Å². The molecule has 0 unspecified atom stereocenters. The predicted octanol–water partition coefficient (Wildman–Crippen LogP) is 4.61. The minimum absolute atomic E-state index is 0.119. The molecule has 0 radical (unpaired) electrons. The molecule has 0 spiro atoms. The van der Waals surface area contributed by atoms with E-state index in [1.165, 1.54) is 0 Å². The van der Waals surface area contributed by atoms with Gasteiger partial charge in [0.15, 0.2) is 6.61 Å². The zero-order valence-electron chi connectivity index (χ0n) is 13.8. The molecule has 1 aromatic heterocycles. The van der Waals surface area contributed by atoms with Crippen molar-refractivity contribution in [1.29, 1.82) is 0 Å². The number of fused-ring (bicyclic) bond motifs is 1. The maximum absolute atomic E-state index is 12.2.